The highest BCUT2D eigenvalue weighted by molar-refractivity contribution is 5.04. The van der Waals surface area contributed by atoms with Crippen LogP contribution < -0.4 is 5.32 Å². The van der Waals surface area contributed by atoms with Crippen molar-refractivity contribution < 1.29 is 4.74 Å². The van der Waals surface area contributed by atoms with Crippen molar-refractivity contribution in [1.82, 2.24) is 10.2 Å². The van der Waals surface area contributed by atoms with Crippen LogP contribution in [0.15, 0.2) is 0 Å². The summed E-state index contributed by atoms with van der Waals surface area (Å²) in [5.74, 6) is 1.55. The van der Waals surface area contributed by atoms with E-state index in [0.717, 1.165) is 32.2 Å². The van der Waals surface area contributed by atoms with E-state index in [9.17, 15) is 0 Å². The SMILES string of the molecule is CCCC1CNC(C)(C2CC2)CN1CCOCC(C)C. The minimum Gasteiger partial charge on any atom is -0.380 e. The second-order valence-corrected chi connectivity index (χ2v) is 7.45. The molecule has 0 aromatic carbocycles. The molecule has 0 aromatic heterocycles. The lowest BCUT2D eigenvalue weighted by Crippen LogP contribution is -2.64. The van der Waals surface area contributed by atoms with E-state index in [1.807, 2.05) is 0 Å². The zero-order valence-corrected chi connectivity index (χ0v) is 14.0. The van der Waals surface area contributed by atoms with Crippen molar-refractivity contribution >= 4 is 0 Å². The molecule has 0 radical (unpaired) electrons. The average Bonchev–Trinajstić information content (AvgIpc) is 3.22. The van der Waals surface area contributed by atoms with E-state index < -0.39 is 0 Å². The molecule has 1 aliphatic carbocycles. The molecular formula is C17H34N2O. The van der Waals surface area contributed by atoms with Gasteiger partial charge in [0.05, 0.1) is 6.61 Å². The van der Waals surface area contributed by atoms with Crippen LogP contribution in [0.4, 0.5) is 0 Å². The Morgan fingerprint density at radius 2 is 2.10 bits per heavy atom. The van der Waals surface area contributed by atoms with Gasteiger partial charge in [-0.25, -0.2) is 0 Å². The number of nitrogens with zero attached hydrogens (tertiary/aromatic N) is 1. The number of ether oxygens (including phenoxy) is 1. The first-order valence-corrected chi connectivity index (χ1v) is 8.62. The van der Waals surface area contributed by atoms with E-state index in [4.69, 9.17) is 4.74 Å². The van der Waals surface area contributed by atoms with Crippen LogP contribution in [0, 0.1) is 11.8 Å². The lowest BCUT2D eigenvalue weighted by Gasteiger charge is -2.47. The van der Waals surface area contributed by atoms with Gasteiger partial charge in [-0.15, -0.1) is 0 Å². The first-order chi connectivity index (χ1) is 9.55. The summed E-state index contributed by atoms with van der Waals surface area (Å²) in [5, 5.41) is 3.85. The maximum Gasteiger partial charge on any atom is 0.0593 e. The van der Waals surface area contributed by atoms with Gasteiger partial charge in [-0.2, -0.15) is 0 Å². The van der Waals surface area contributed by atoms with E-state index in [1.54, 1.807) is 0 Å². The van der Waals surface area contributed by atoms with Crippen molar-refractivity contribution in [3.8, 4) is 0 Å². The summed E-state index contributed by atoms with van der Waals surface area (Å²) in [4.78, 5) is 2.69. The summed E-state index contributed by atoms with van der Waals surface area (Å²) in [6.45, 7) is 14.4. The van der Waals surface area contributed by atoms with Crippen LogP contribution >= 0.6 is 0 Å². The Kier molecular flexibility index (Phi) is 5.88. The first kappa shape index (κ1) is 16.3. The fourth-order valence-electron chi connectivity index (χ4n) is 3.46. The van der Waals surface area contributed by atoms with Gasteiger partial charge < -0.3 is 10.1 Å². The van der Waals surface area contributed by atoms with Gasteiger partial charge in [0.2, 0.25) is 0 Å². The molecule has 1 saturated carbocycles. The predicted octanol–water partition coefficient (Wildman–Crippen LogP) is 2.90. The van der Waals surface area contributed by atoms with Crippen molar-refractivity contribution in [3.63, 3.8) is 0 Å². The van der Waals surface area contributed by atoms with Crippen LogP contribution in [-0.2, 0) is 4.74 Å². The normalized spacial score (nSPS) is 31.9. The molecule has 2 atom stereocenters. The third-order valence-electron chi connectivity index (χ3n) is 4.86. The molecule has 118 valence electrons. The number of piperazine rings is 1. The van der Waals surface area contributed by atoms with E-state index >= 15 is 0 Å². The third kappa shape index (κ3) is 4.44. The molecule has 1 saturated heterocycles. The highest BCUT2D eigenvalue weighted by atomic mass is 16.5. The third-order valence-corrected chi connectivity index (χ3v) is 4.86. The van der Waals surface area contributed by atoms with Gasteiger partial charge in [0.25, 0.3) is 0 Å². The van der Waals surface area contributed by atoms with E-state index in [0.29, 0.717) is 17.5 Å². The lowest BCUT2D eigenvalue weighted by atomic mass is 9.90. The molecule has 1 aliphatic heterocycles. The molecule has 2 rings (SSSR count). The Balaban J connectivity index is 1.82. The first-order valence-electron chi connectivity index (χ1n) is 8.62. The summed E-state index contributed by atoms with van der Waals surface area (Å²) in [6.07, 6.45) is 5.41. The number of hydrogen-bond acceptors (Lipinski definition) is 3. The molecule has 0 spiro atoms. The molecule has 3 nitrogen and oxygen atoms in total. The van der Waals surface area contributed by atoms with Crippen LogP contribution in [0.2, 0.25) is 0 Å². The second kappa shape index (κ2) is 7.24. The Hall–Kier alpha value is -0.120. The van der Waals surface area contributed by atoms with Crippen LogP contribution in [0.3, 0.4) is 0 Å². The predicted molar refractivity (Wildman–Crippen MR) is 85.1 cm³/mol. The minimum absolute atomic E-state index is 0.349. The smallest absolute Gasteiger partial charge is 0.0593 e. The van der Waals surface area contributed by atoms with Crippen molar-refractivity contribution in [3.05, 3.63) is 0 Å². The Morgan fingerprint density at radius 3 is 2.70 bits per heavy atom. The van der Waals surface area contributed by atoms with Crippen molar-refractivity contribution in [2.75, 3.05) is 32.8 Å². The number of hydrogen-bond donors (Lipinski definition) is 1. The molecule has 2 fully saturated rings. The van der Waals surface area contributed by atoms with Gasteiger partial charge in [0.15, 0.2) is 0 Å². The average molecular weight is 282 g/mol. The summed E-state index contributed by atoms with van der Waals surface area (Å²) in [6, 6.07) is 0.703. The maximum atomic E-state index is 5.81. The molecule has 1 heterocycles. The Bertz CT molecular complexity index is 291. The van der Waals surface area contributed by atoms with Crippen LogP contribution in [-0.4, -0.2) is 49.3 Å². The van der Waals surface area contributed by atoms with Crippen LogP contribution in [0.1, 0.15) is 53.4 Å². The largest absolute Gasteiger partial charge is 0.380 e. The fraction of sp³-hybridized carbons (Fsp3) is 1.00. The number of rotatable bonds is 8. The molecule has 2 unspecified atom stereocenters. The van der Waals surface area contributed by atoms with Gasteiger partial charge in [-0.05, 0) is 38.0 Å². The van der Waals surface area contributed by atoms with E-state index in [2.05, 4.69) is 37.9 Å². The fourth-order valence-corrected chi connectivity index (χ4v) is 3.46. The topological polar surface area (TPSA) is 24.5 Å². The van der Waals surface area contributed by atoms with Gasteiger partial charge in [0, 0.05) is 37.8 Å². The monoisotopic (exact) mass is 282 g/mol. The maximum absolute atomic E-state index is 5.81. The Morgan fingerprint density at radius 1 is 1.35 bits per heavy atom. The molecule has 2 aliphatic rings. The second-order valence-electron chi connectivity index (χ2n) is 7.45. The van der Waals surface area contributed by atoms with Crippen molar-refractivity contribution in [2.45, 2.75) is 65.0 Å². The molecule has 20 heavy (non-hydrogen) atoms. The van der Waals surface area contributed by atoms with E-state index in [-0.39, 0.29) is 0 Å². The lowest BCUT2D eigenvalue weighted by molar-refractivity contribution is 0.0297. The minimum atomic E-state index is 0.349. The molecule has 1 N–H and O–H groups in total. The number of nitrogens with one attached hydrogen (secondary N) is 1. The molecular weight excluding hydrogens is 248 g/mol. The molecule has 0 amide bonds. The quantitative estimate of drug-likeness (QED) is 0.693. The molecule has 0 aromatic rings. The standard InChI is InChI=1S/C17H34N2O/c1-5-6-16-11-18-17(4,15-7-8-15)13-19(16)9-10-20-12-14(2)3/h14-16,18H,5-13H2,1-4H3. The summed E-state index contributed by atoms with van der Waals surface area (Å²) in [5.41, 5.74) is 0.349. The zero-order valence-electron chi connectivity index (χ0n) is 14.0. The van der Waals surface area contributed by atoms with Gasteiger partial charge in [-0.3, -0.25) is 4.90 Å². The van der Waals surface area contributed by atoms with Gasteiger partial charge >= 0.3 is 0 Å². The molecule has 3 heteroatoms. The zero-order chi connectivity index (χ0) is 14.6. The highest BCUT2D eigenvalue weighted by Gasteiger charge is 2.45. The van der Waals surface area contributed by atoms with Gasteiger partial charge in [0.1, 0.15) is 0 Å². The highest BCUT2D eigenvalue weighted by Crippen LogP contribution is 2.41. The van der Waals surface area contributed by atoms with E-state index in [1.165, 1.54) is 32.2 Å². The summed E-state index contributed by atoms with van der Waals surface area (Å²) < 4.78 is 5.81. The van der Waals surface area contributed by atoms with Crippen molar-refractivity contribution in [1.29, 1.82) is 0 Å². The molecule has 0 bridgehead atoms. The van der Waals surface area contributed by atoms with Crippen molar-refractivity contribution in [2.24, 2.45) is 11.8 Å². The van der Waals surface area contributed by atoms with Gasteiger partial charge in [-0.1, -0.05) is 27.2 Å². The van der Waals surface area contributed by atoms with Crippen LogP contribution in [0.25, 0.3) is 0 Å². The van der Waals surface area contributed by atoms with Crippen LogP contribution in [0.5, 0.6) is 0 Å². The summed E-state index contributed by atoms with van der Waals surface area (Å²) in [7, 11) is 0. The summed E-state index contributed by atoms with van der Waals surface area (Å²) >= 11 is 0. The Labute approximate surface area is 125 Å².